The van der Waals surface area contributed by atoms with Gasteiger partial charge in [-0.1, -0.05) is 0 Å². The van der Waals surface area contributed by atoms with Gasteiger partial charge < -0.3 is 4.98 Å². The Hall–Kier alpha value is -2.90. The van der Waals surface area contributed by atoms with Gasteiger partial charge in [-0.2, -0.15) is 0 Å². The Morgan fingerprint density at radius 3 is 2.45 bits per heavy atom. The van der Waals surface area contributed by atoms with Crippen LogP contribution in [-0.2, 0) is 0 Å². The van der Waals surface area contributed by atoms with Gasteiger partial charge >= 0.3 is 5.69 Å². The van der Waals surface area contributed by atoms with Crippen molar-refractivity contribution in [1.82, 2.24) is 19.9 Å². The predicted molar refractivity (Wildman–Crippen MR) is 66.1 cm³/mol. The van der Waals surface area contributed by atoms with E-state index in [1.165, 1.54) is 12.4 Å². The topological polar surface area (TPSA) is 91.5 Å². The molecule has 8 heteroatoms. The van der Waals surface area contributed by atoms with E-state index >= 15 is 0 Å². The van der Waals surface area contributed by atoms with E-state index in [4.69, 9.17) is 0 Å². The SMILES string of the molecule is O=c1[nH]cc(-c2cnc3cc(F)c(F)cc3n2)c(=O)[nH]1. The Labute approximate surface area is 109 Å². The summed E-state index contributed by atoms with van der Waals surface area (Å²) in [5, 5.41) is 0. The molecule has 2 N–H and O–H groups in total. The Morgan fingerprint density at radius 1 is 1.05 bits per heavy atom. The lowest BCUT2D eigenvalue weighted by atomic mass is 10.2. The highest BCUT2D eigenvalue weighted by Gasteiger charge is 2.10. The molecule has 0 bridgehead atoms. The second-order valence-corrected chi connectivity index (χ2v) is 4.00. The van der Waals surface area contributed by atoms with Crippen molar-refractivity contribution in [2.24, 2.45) is 0 Å². The fraction of sp³-hybridized carbons (Fsp3) is 0. The highest BCUT2D eigenvalue weighted by Crippen LogP contribution is 2.18. The molecule has 0 saturated heterocycles. The normalized spacial score (nSPS) is 10.9. The molecule has 0 aliphatic carbocycles. The van der Waals surface area contributed by atoms with Crippen LogP contribution in [0.25, 0.3) is 22.3 Å². The number of nitrogens with one attached hydrogen (secondary N) is 2. The van der Waals surface area contributed by atoms with Gasteiger partial charge in [-0.15, -0.1) is 0 Å². The summed E-state index contributed by atoms with van der Waals surface area (Å²) in [6.45, 7) is 0. The zero-order chi connectivity index (χ0) is 14.3. The van der Waals surface area contributed by atoms with Gasteiger partial charge in [-0.25, -0.2) is 18.6 Å². The number of aromatic nitrogens is 4. The van der Waals surface area contributed by atoms with Gasteiger partial charge in [0.25, 0.3) is 5.56 Å². The van der Waals surface area contributed by atoms with E-state index in [9.17, 15) is 18.4 Å². The number of halogens is 2. The first-order valence-electron chi connectivity index (χ1n) is 5.49. The zero-order valence-electron chi connectivity index (χ0n) is 9.78. The third-order valence-corrected chi connectivity index (χ3v) is 2.68. The quantitative estimate of drug-likeness (QED) is 0.692. The van der Waals surface area contributed by atoms with Crippen LogP contribution < -0.4 is 11.2 Å². The molecule has 0 fully saturated rings. The van der Waals surface area contributed by atoms with Crippen LogP contribution in [0.4, 0.5) is 8.78 Å². The Balaban J connectivity index is 2.25. The van der Waals surface area contributed by atoms with Crippen LogP contribution in [0.2, 0.25) is 0 Å². The maximum Gasteiger partial charge on any atom is 0.325 e. The van der Waals surface area contributed by atoms with E-state index in [2.05, 4.69) is 15.0 Å². The molecule has 0 radical (unpaired) electrons. The monoisotopic (exact) mass is 276 g/mol. The first-order valence-corrected chi connectivity index (χ1v) is 5.49. The minimum atomic E-state index is -1.06. The molecule has 0 aliphatic rings. The van der Waals surface area contributed by atoms with Gasteiger partial charge in [-0.3, -0.25) is 14.8 Å². The van der Waals surface area contributed by atoms with Gasteiger partial charge in [0.15, 0.2) is 11.6 Å². The first-order chi connectivity index (χ1) is 9.54. The van der Waals surface area contributed by atoms with Crippen molar-refractivity contribution < 1.29 is 8.78 Å². The van der Waals surface area contributed by atoms with Crippen molar-refractivity contribution in [3.8, 4) is 11.3 Å². The summed E-state index contributed by atoms with van der Waals surface area (Å²) in [5.41, 5.74) is -0.823. The van der Waals surface area contributed by atoms with Gasteiger partial charge in [0.1, 0.15) is 0 Å². The lowest BCUT2D eigenvalue weighted by molar-refractivity contribution is 0.510. The van der Waals surface area contributed by atoms with E-state index in [0.717, 1.165) is 12.1 Å². The molecular weight excluding hydrogens is 270 g/mol. The van der Waals surface area contributed by atoms with E-state index in [1.807, 2.05) is 4.98 Å². The number of nitrogens with zero attached hydrogens (tertiary/aromatic N) is 2. The molecule has 6 nitrogen and oxygen atoms in total. The molecule has 0 saturated carbocycles. The van der Waals surface area contributed by atoms with Crippen molar-refractivity contribution in [2.75, 3.05) is 0 Å². The minimum absolute atomic E-state index is 0.0729. The molecule has 2 heterocycles. The highest BCUT2D eigenvalue weighted by atomic mass is 19.2. The van der Waals surface area contributed by atoms with Gasteiger partial charge in [0, 0.05) is 18.3 Å². The van der Waals surface area contributed by atoms with Crippen LogP contribution in [0.3, 0.4) is 0 Å². The number of hydrogen-bond acceptors (Lipinski definition) is 4. The highest BCUT2D eigenvalue weighted by molar-refractivity contribution is 5.76. The first kappa shape index (κ1) is 12.2. The van der Waals surface area contributed by atoms with Crippen LogP contribution in [0.5, 0.6) is 0 Å². The molecule has 0 amide bonds. The van der Waals surface area contributed by atoms with E-state index in [-0.39, 0.29) is 22.3 Å². The number of benzene rings is 1. The smallest absolute Gasteiger partial charge is 0.313 e. The maximum absolute atomic E-state index is 13.2. The van der Waals surface area contributed by atoms with Crippen LogP contribution in [0, 0.1) is 11.6 Å². The fourth-order valence-electron chi connectivity index (χ4n) is 1.74. The Bertz CT molecular complexity index is 933. The molecule has 3 aromatic rings. The van der Waals surface area contributed by atoms with Crippen molar-refractivity contribution >= 4 is 11.0 Å². The van der Waals surface area contributed by atoms with Crippen LogP contribution in [-0.4, -0.2) is 19.9 Å². The lowest BCUT2D eigenvalue weighted by Gasteiger charge is -2.02. The summed E-state index contributed by atoms with van der Waals surface area (Å²) in [4.78, 5) is 34.8. The number of hydrogen-bond donors (Lipinski definition) is 2. The molecular formula is C12H6F2N4O2. The van der Waals surface area contributed by atoms with Crippen molar-refractivity contribution in [1.29, 1.82) is 0 Å². The maximum atomic E-state index is 13.2. The summed E-state index contributed by atoms with van der Waals surface area (Å²) in [5.74, 6) is -2.08. The number of H-pyrrole nitrogens is 2. The molecule has 3 rings (SSSR count). The second-order valence-electron chi connectivity index (χ2n) is 4.00. The Kier molecular flexibility index (Phi) is 2.63. The summed E-state index contributed by atoms with van der Waals surface area (Å²) in [7, 11) is 0. The van der Waals surface area contributed by atoms with Gasteiger partial charge in [0.2, 0.25) is 0 Å². The summed E-state index contributed by atoms with van der Waals surface area (Å²) < 4.78 is 26.2. The Morgan fingerprint density at radius 2 is 1.75 bits per heavy atom. The van der Waals surface area contributed by atoms with Crippen molar-refractivity contribution in [2.45, 2.75) is 0 Å². The largest absolute Gasteiger partial charge is 0.325 e. The average Bonchev–Trinajstić information content (AvgIpc) is 2.40. The van der Waals surface area contributed by atoms with Crippen molar-refractivity contribution in [3.05, 3.63) is 57.0 Å². The molecule has 2 aromatic heterocycles. The molecule has 1 aromatic carbocycles. The van der Waals surface area contributed by atoms with E-state index in [0.29, 0.717) is 0 Å². The molecule has 0 unspecified atom stereocenters. The lowest BCUT2D eigenvalue weighted by Crippen LogP contribution is -2.22. The predicted octanol–water partition coefficient (Wildman–Crippen LogP) is 0.952. The van der Waals surface area contributed by atoms with Gasteiger partial charge in [-0.05, 0) is 0 Å². The number of rotatable bonds is 1. The van der Waals surface area contributed by atoms with Crippen molar-refractivity contribution in [3.63, 3.8) is 0 Å². The fourth-order valence-corrected chi connectivity index (χ4v) is 1.74. The molecule has 100 valence electrons. The summed E-state index contributed by atoms with van der Waals surface area (Å²) in [6.07, 6.45) is 2.42. The molecule has 0 atom stereocenters. The van der Waals surface area contributed by atoms with Crippen LogP contribution in [0.15, 0.2) is 34.1 Å². The zero-order valence-corrected chi connectivity index (χ0v) is 9.78. The summed E-state index contributed by atoms with van der Waals surface area (Å²) >= 11 is 0. The second kappa shape index (κ2) is 4.34. The molecule has 20 heavy (non-hydrogen) atoms. The third kappa shape index (κ3) is 1.96. The van der Waals surface area contributed by atoms with Crippen LogP contribution in [0.1, 0.15) is 0 Å². The average molecular weight is 276 g/mol. The van der Waals surface area contributed by atoms with Gasteiger partial charge in [0.05, 0.1) is 28.5 Å². The molecule has 0 spiro atoms. The van der Waals surface area contributed by atoms with Crippen LogP contribution >= 0.6 is 0 Å². The number of fused-ring (bicyclic) bond motifs is 1. The molecule has 0 aliphatic heterocycles. The summed E-state index contributed by atoms with van der Waals surface area (Å²) in [6, 6.07) is 1.81. The van der Waals surface area contributed by atoms with E-state index < -0.39 is 22.9 Å². The minimum Gasteiger partial charge on any atom is -0.313 e. The number of aromatic amines is 2. The third-order valence-electron chi connectivity index (χ3n) is 2.68. The standard InChI is InChI=1S/C12H6F2N4O2/c13-6-1-8-9(2-7(6)14)17-10(4-15-8)5-3-16-12(20)18-11(5)19/h1-4H,(H2,16,18,19,20). The van der Waals surface area contributed by atoms with E-state index in [1.54, 1.807) is 0 Å².